The number of benzene rings is 1. The lowest BCUT2D eigenvalue weighted by Crippen LogP contribution is -2.47. The van der Waals surface area contributed by atoms with Crippen LogP contribution in [0.25, 0.3) is 0 Å². The number of urea groups is 1. The first-order valence-electron chi connectivity index (χ1n) is 8.43. The third kappa shape index (κ3) is 3.48. The number of rotatable bonds is 4. The van der Waals surface area contributed by atoms with Gasteiger partial charge in [0.2, 0.25) is 0 Å². The van der Waals surface area contributed by atoms with E-state index in [9.17, 15) is 9.59 Å². The summed E-state index contributed by atoms with van der Waals surface area (Å²) in [6, 6.07) is 5.75. The average Bonchev–Trinajstić information content (AvgIpc) is 3.32. The fourth-order valence-corrected chi connectivity index (χ4v) is 3.43. The summed E-state index contributed by atoms with van der Waals surface area (Å²) in [5.74, 6) is -0.291. The van der Waals surface area contributed by atoms with E-state index in [4.69, 9.17) is 0 Å². The second-order valence-corrected chi connectivity index (χ2v) is 6.39. The molecule has 132 valence electrons. The molecule has 0 atom stereocenters. The van der Waals surface area contributed by atoms with Crippen LogP contribution in [-0.2, 0) is 12.8 Å². The van der Waals surface area contributed by atoms with E-state index in [0.29, 0.717) is 13.1 Å². The molecule has 2 heterocycles. The summed E-state index contributed by atoms with van der Waals surface area (Å²) >= 11 is 1.12. The van der Waals surface area contributed by atoms with Crippen LogP contribution in [0.15, 0.2) is 23.6 Å². The zero-order chi connectivity index (χ0) is 17.8. The molecular weight excluding hydrogens is 338 g/mol. The smallest absolute Gasteiger partial charge is 0.306 e. The van der Waals surface area contributed by atoms with Crippen molar-refractivity contribution in [3.05, 3.63) is 40.4 Å². The molecule has 1 N–H and O–H groups in total. The lowest BCUT2D eigenvalue weighted by atomic mass is 10.0. The van der Waals surface area contributed by atoms with E-state index in [1.807, 2.05) is 18.2 Å². The summed E-state index contributed by atoms with van der Waals surface area (Å²) in [6.45, 7) is 5.13. The van der Waals surface area contributed by atoms with Gasteiger partial charge in [0.15, 0.2) is 5.69 Å². The van der Waals surface area contributed by atoms with Gasteiger partial charge in [0.25, 0.3) is 5.91 Å². The number of nitrogens with zero attached hydrogens (tertiary/aromatic N) is 4. The van der Waals surface area contributed by atoms with Gasteiger partial charge in [-0.15, -0.1) is 5.10 Å². The fourth-order valence-electron chi connectivity index (χ4n) is 3.00. The van der Waals surface area contributed by atoms with Crippen molar-refractivity contribution in [2.45, 2.75) is 33.1 Å². The molecule has 3 rings (SSSR count). The van der Waals surface area contributed by atoms with Gasteiger partial charge in [0, 0.05) is 24.2 Å². The molecule has 3 amide bonds. The molecule has 1 aromatic carbocycles. The van der Waals surface area contributed by atoms with E-state index in [1.165, 1.54) is 10.0 Å². The Bertz CT molecular complexity index is 740. The third-order valence-corrected chi connectivity index (χ3v) is 4.81. The Hall–Kier alpha value is -2.48. The summed E-state index contributed by atoms with van der Waals surface area (Å²) in [7, 11) is 0. The number of hydrogen-bond acceptors (Lipinski definition) is 5. The van der Waals surface area contributed by atoms with Crippen molar-refractivity contribution in [2.24, 2.45) is 0 Å². The normalized spacial score (nSPS) is 14.0. The maximum atomic E-state index is 12.8. The number of amides is 3. The number of aromatic nitrogens is 2. The number of carbonyl (C=O) groups is 2. The zero-order valence-electron chi connectivity index (χ0n) is 14.4. The van der Waals surface area contributed by atoms with E-state index in [2.05, 4.69) is 28.8 Å². The zero-order valence-corrected chi connectivity index (χ0v) is 15.2. The Morgan fingerprint density at radius 1 is 1.16 bits per heavy atom. The van der Waals surface area contributed by atoms with Crippen molar-refractivity contribution >= 4 is 29.2 Å². The summed E-state index contributed by atoms with van der Waals surface area (Å²) in [5.41, 5.74) is 3.31. The first-order chi connectivity index (χ1) is 12.2. The molecule has 1 fully saturated rings. The molecule has 8 heteroatoms. The van der Waals surface area contributed by atoms with Crippen molar-refractivity contribution in [3.63, 3.8) is 0 Å². The summed E-state index contributed by atoms with van der Waals surface area (Å²) in [4.78, 5) is 25.4. The minimum Gasteiger partial charge on any atom is -0.306 e. The molecule has 1 saturated heterocycles. The molecule has 1 aliphatic heterocycles. The highest BCUT2D eigenvalue weighted by atomic mass is 32.1. The van der Waals surface area contributed by atoms with Crippen LogP contribution in [0.2, 0.25) is 0 Å². The number of hydrazine groups is 1. The van der Waals surface area contributed by atoms with Crippen LogP contribution in [0.1, 0.15) is 41.9 Å². The Morgan fingerprint density at radius 3 is 2.44 bits per heavy atom. The topological polar surface area (TPSA) is 78.4 Å². The van der Waals surface area contributed by atoms with Crippen LogP contribution < -0.4 is 5.32 Å². The maximum Gasteiger partial charge on any atom is 0.340 e. The van der Waals surface area contributed by atoms with Crippen LogP contribution in [-0.4, -0.2) is 44.6 Å². The predicted octanol–water partition coefficient (Wildman–Crippen LogP) is 2.96. The lowest BCUT2D eigenvalue weighted by Gasteiger charge is -2.28. The molecule has 0 unspecified atom stereocenters. The number of carbonyl (C=O) groups excluding carboxylic acids is 2. The quantitative estimate of drug-likeness (QED) is 0.910. The second-order valence-electron chi connectivity index (χ2n) is 5.78. The average molecular weight is 359 g/mol. The van der Waals surface area contributed by atoms with E-state index in [-0.39, 0.29) is 17.6 Å². The molecule has 1 aromatic heterocycles. The summed E-state index contributed by atoms with van der Waals surface area (Å²) in [5, 5.41) is 11.3. The highest BCUT2D eigenvalue weighted by Gasteiger charge is 2.32. The van der Waals surface area contributed by atoms with E-state index >= 15 is 0 Å². The van der Waals surface area contributed by atoms with Gasteiger partial charge in [-0.25, -0.2) is 14.8 Å². The molecule has 0 aliphatic carbocycles. The van der Waals surface area contributed by atoms with Gasteiger partial charge in [-0.1, -0.05) is 36.5 Å². The highest BCUT2D eigenvalue weighted by molar-refractivity contribution is 7.03. The number of para-hydroxylation sites is 1. The number of aryl methyl sites for hydroxylation is 2. The van der Waals surface area contributed by atoms with Crippen LogP contribution in [0.3, 0.4) is 0 Å². The van der Waals surface area contributed by atoms with Gasteiger partial charge in [-0.3, -0.25) is 4.79 Å². The Balaban J connectivity index is 1.80. The predicted molar refractivity (Wildman–Crippen MR) is 96.5 cm³/mol. The van der Waals surface area contributed by atoms with Crippen LogP contribution >= 0.6 is 11.5 Å². The minimum atomic E-state index is -0.291. The van der Waals surface area contributed by atoms with Crippen LogP contribution in [0.4, 0.5) is 10.5 Å². The van der Waals surface area contributed by atoms with Gasteiger partial charge >= 0.3 is 6.03 Å². The van der Waals surface area contributed by atoms with E-state index in [1.54, 1.807) is 5.38 Å². The first-order valence-corrected chi connectivity index (χ1v) is 9.27. The maximum absolute atomic E-state index is 12.8. The van der Waals surface area contributed by atoms with Crippen molar-refractivity contribution in [1.82, 2.24) is 19.6 Å². The minimum absolute atomic E-state index is 0.271. The number of hydrogen-bond donors (Lipinski definition) is 1. The van der Waals surface area contributed by atoms with Gasteiger partial charge in [0.05, 0.1) is 0 Å². The molecule has 25 heavy (non-hydrogen) atoms. The van der Waals surface area contributed by atoms with Crippen molar-refractivity contribution in [1.29, 1.82) is 0 Å². The third-order valence-electron chi connectivity index (χ3n) is 4.31. The van der Waals surface area contributed by atoms with Gasteiger partial charge in [0.1, 0.15) is 0 Å². The molecule has 0 spiro atoms. The molecular formula is C17H21N5O2S. The first kappa shape index (κ1) is 17.3. The molecule has 0 saturated carbocycles. The second kappa shape index (κ2) is 7.60. The highest BCUT2D eigenvalue weighted by Crippen LogP contribution is 2.24. The standard InChI is InChI=1S/C17H21N5O2S/c1-3-12-7-5-8-13(4-2)15(12)18-17(24)22-10-6-9-21(22)16(23)14-11-25-20-19-14/h5,7-8,11H,3-4,6,9-10H2,1-2H3,(H,18,24). The van der Waals surface area contributed by atoms with Crippen molar-refractivity contribution < 1.29 is 9.59 Å². The lowest BCUT2D eigenvalue weighted by molar-refractivity contribution is 0.0398. The summed E-state index contributed by atoms with van der Waals surface area (Å²) < 4.78 is 3.72. The van der Waals surface area contributed by atoms with Gasteiger partial charge in [-0.2, -0.15) is 0 Å². The Kier molecular flexibility index (Phi) is 5.28. The molecule has 0 radical (unpaired) electrons. The van der Waals surface area contributed by atoms with Crippen LogP contribution in [0.5, 0.6) is 0 Å². The Morgan fingerprint density at radius 2 is 1.84 bits per heavy atom. The molecule has 2 aromatic rings. The fraction of sp³-hybridized carbons (Fsp3) is 0.412. The van der Waals surface area contributed by atoms with Crippen LogP contribution in [0, 0.1) is 0 Å². The largest absolute Gasteiger partial charge is 0.340 e. The SMILES string of the molecule is CCc1cccc(CC)c1NC(=O)N1CCCN1C(=O)c1csnn1. The molecule has 1 aliphatic rings. The molecule has 7 nitrogen and oxygen atoms in total. The number of anilines is 1. The van der Waals surface area contributed by atoms with Gasteiger partial charge in [-0.05, 0) is 41.9 Å². The van der Waals surface area contributed by atoms with Gasteiger partial charge < -0.3 is 5.32 Å². The van der Waals surface area contributed by atoms with E-state index < -0.39 is 0 Å². The molecule has 0 bridgehead atoms. The summed E-state index contributed by atoms with van der Waals surface area (Å²) in [6.07, 6.45) is 2.40. The Labute approximate surface area is 150 Å². The van der Waals surface area contributed by atoms with Crippen molar-refractivity contribution in [3.8, 4) is 0 Å². The van der Waals surface area contributed by atoms with Crippen molar-refractivity contribution in [2.75, 3.05) is 18.4 Å². The monoisotopic (exact) mass is 359 g/mol. The van der Waals surface area contributed by atoms with E-state index in [0.717, 1.165) is 47.6 Å². The number of nitrogens with one attached hydrogen (secondary N) is 1.